The quantitative estimate of drug-likeness (QED) is 0.527. The predicted molar refractivity (Wildman–Crippen MR) is 142 cm³/mol. The van der Waals surface area contributed by atoms with Gasteiger partial charge in [0.25, 0.3) is 0 Å². The molecule has 2 aromatic carbocycles. The van der Waals surface area contributed by atoms with Crippen LogP contribution in [-0.4, -0.2) is 46.2 Å². The van der Waals surface area contributed by atoms with Crippen LogP contribution in [0.2, 0.25) is 0 Å². The third-order valence-electron chi connectivity index (χ3n) is 7.21. The summed E-state index contributed by atoms with van der Waals surface area (Å²) in [6, 6.07) is 7.13. The average Bonchev–Trinajstić information content (AvgIpc) is 3.48. The summed E-state index contributed by atoms with van der Waals surface area (Å²) in [5, 5.41) is 43.5. The molecule has 37 heavy (non-hydrogen) atoms. The Morgan fingerprint density at radius 3 is 1.19 bits per heavy atom. The van der Waals surface area contributed by atoms with Gasteiger partial charge in [-0.15, -0.1) is 0 Å². The molecule has 7 heteroatoms. The molecule has 0 atom stereocenters. The number of likely N-dealkylation sites (tertiary alicyclic amines) is 2. The number of nitrogens with zero attached hydrogens (tertiary/aromatic N) is 2. The molecule has 2 saturated heterocycles. The Hall–Kier alpha value is -1.92. The van der Waals surface area contributed by atoms with E-state index in [4.69, 9.17) is 0 Å². The van der Waals surface area contributed by atoms with E-state index in [1.807, 2.05) is 12.1 Å². The van der Waals surface area contributed by atoms with E-state index in [-0.39, 0.29) is 50.9 Å². The first kappa shape index (κ1) is 31.3. The monoisotopic (exact) mass is 559 g/mol. The molecule has 0 saturated carbocycles. The van der Waals surface area contributed by atoms with Crippen molar-refractivity contribution >= 4 is 0 Å². The Labute approximate surface area is 233 Å². The second kappa shape index (κ2) is 12.8. The van der Waals surface area contributed by atoms with Gasteiger partial charge in [0, 0.05) is 13.1 Å². The molecule has 6 nitrogen and oxygen atoms in total. The van der Waals surface area contributed by atoms with E-state index < -0.39 is 0 Å². The van der Waals surface area contributed by atoms with E-state index >= 15 is 0 Å². The van der Waals surface area contributed by atoms with Crippen molar-refractivity contribution in [3.05, 3.63) is 46.5 Å². The minimum absolute atomic E-state index is 0. The molecule has 2 fully saturated rings. The van der Waals surface area contributed by atoms with Crippen LogP contribution in [0.15, 0.2) is 24.3 Å². The predicted octanol–water partition coefficient (Wildman–Crippen LogP) is 4.72. The first-order valence-corrected chi connectivity index (χ1v) is 13.3. The third kappa shape index (κ3) is 8.54. The number of rotatable bonds is 4. The summed E-state index contributed by atoms with van der Waals surface area (Å²) in [4.78, 5) is 4.56. The SMILES string of the molecule is CC(C)(C)c1cc(O)c([O-])c(CN2CCCC2)c1.CC(C)(C)c1cc(O)c([O-])c(CN2CCCC2)c1.[Cu+2]. The van der Waals surface area contributed by atoms with Crippen molar-refractivity contribution in [2.45, 2.75) is 91.1 Å². The van der Waals surface area contributed by atoms with Crippen LogP contribution in [0.4, 0.5) is 0 Å². The van der Waals surface area contributed by atoms with Crippen molar-refractivity contribution in [3.63, 3.8) is 0 Å². The molecule has 2 heterocycles. The average molecular weight is 560 g/mol. The zero-order chi connectivity index (χ0) is 26.7. The van der Waals surface area contributed by atoms with Gasteiger partial charge in [-0.3, -0.25) is 9.80 Å². The number of hydrogen-bond acceptors (Lipinski definition) is 6. The van der Waals surface area contributed by atoms with Gasteiger partial charge >= 0.3 is 17.1 Å². The summed E-state index contributed by atoms with van der Waals surface area (Å²) in [6.45, 7) is 18.1. The molecule has 2 aliphatic rings. The van der Waals surface area contributed by atoms with Gasteiger partial charge in [0.1, 0.15) is 11.5 Å². The topological polar surface area (TPSA) is 93.1 Å². The normalized spacial score (nSPS) is 16.8. The molecule has 2 aromatic rings. The molecule has 209 valence electrons. The maximum absolute atomic E-state index is 12.0. The number of phenols is 2. The molecule has 0 aromatic heterocycles. The van der Waals surface area contributed by atoms with Crippen molar-refractivity contribution in [3.8, 4) is 23.0 Å². The number of hydrogen-bond donors (Lipinski definition) is 2. The fourth-order valence-electron chi connectivity index (χ4n) is 4.81. The van der Waals surface area contributed by atoms with Gasteiger partial charge in [-0.25, -0.2) is 0 Å². The van der Waals surface area contributed by atoms with Gasteiger partial charge in [0.2, 0.25) is 0 Å². The first-order valence-electron chi connectivity index (χ1n) is 13.3. The molecule has 2 N–H and O–H groups in total. The Morgan fingerprint density at radius 2 is 0.919 bits per heavy atom. The Kier molecular flexibility index (Phi) is 10.8. The van der Waals surface area contributed by atoms with Gasteiger partial charge in [-0.1, -0.05) is 65.2 Å². The van der Waals surface area contributed by atoms with E-state index in [2.05, 4.69) is 51.3 Å². The van der Waals surface area contributed by atoms with E-state index in [0.717, 1.165) is 48.4 Å². The minimum atomic E-state index is -0.213. The summed E-state index contributed by atoms with van der Waals surface area (Å²) in [6.07, 6.45) is 4.83. The Morgan fingerprint density at radius 1 is 0.622 bits per heavy atom. The summed E-state index contributed by atoms with van der Waals surface area (Å²) in [7, 11) is 0. The van der Waals surface area contributed by atoms with Crippen LogP contribution in [0.3, 0.4) is 0 Å². The van der Waals surface area contributed by atoms with Crippen LogP contribution >= 0.6 is 0 Å². The maximum atomic E-state index is 12.0. The Bertz CT molecular complexity index is 948. The van der Waals surface area contributed by atoms with Crippen LogP contribution in [0.1, 0.15) is 89.5 Å². The minimum Gasteiger partial charge on any atom is -0.870 e. The fraction of sp³-hybridized carbons (Fsp3) is 0.600. The summed E-state index contributed by atoms with van der Waals surface area (Å²) < 4.78 is 0. The van der Waals surface area contributed by atoms with Gasteiger partial charge in [0.15, 0.2) is 0 Å². The first-order chi connectivity index (χ1) is 16.8. The standard InChI is InChI=1S/2C15H23NO2.Cu/c2*1-15(2,3)12-8-11(14(18)13(17)9-12)10-16-6-4-5-7-16;/h2*8-9,17-18H,4-7,10H2,1-3H3;/q;;+2/p-2. The fourth-order valence-corrected chi connectivity index (χ4v) is 4.81. The molecule has 0 unspecified atom stereocenters. The number of benzene rings is 2. The van der Waals surface area contributed by atoms with Gasteiger partial charge in [0.05, 0.1) is 0 Å². The van der Waals surface area contributed by atoms with Crippen molar-refractivity contribution in [1.29, 1.82) is 0 Å². The van der Waals surface area contributed by atoms with E-state index in [1.165, 1.54) is 25.7 Å². The van der Waals surface area contributed by atoms with E-state index in [0.29, 0.717) is 13.1 Å². The molecule has 4 rings (SSSR count). The van der Waals surface area contributed by atoms with Crippen molar-refractivity contribution in [1.82, 2.24) is 9.80 Å². The van der Waals surface area contributed by atoms with E-state index in [1.54, 1.807) is 12.1 Å². The van der Waals surface area contributed by atoms with Crippen LogP contribution in [0, 0.1) is 0 Å². The van der Waals surface area contributed by atoms with E-state index in [9.17, 15) is 20.4 Å². The van der Waals surface area contributed by atoms with Crippen LogP contribution < -0.4 is 10.2 Å². The summed E-state index contributed by atoms with van der Waals surface area (Å²) in [5.41, 5.74) is 3.39. The molecule has 0 spiro atoms. The van der Waals surface area contributed by atoms with Gasteiger partial charge in [-0.2, -0.15) is 0 Å². The van der Waals surface area contributed by atoms with Crippen LogP contribution in [0.25, 0.3) is 0 Å². The number of aromatic hydroxyl groups is 2. The second-order valence-corrected chi connectivity index (χ2v) is 12.4. The van der Waals surface area contributed by atoms with Gasteiger partial charge in [-0.05, 0) is 97.1 Å². The summed E-state index contributed by atoms with van der Waals surface area (Å²) in [5.74, 6) is -0.655. The van der Waals surface area contributed by atoms with Crippen LogP contribution in [-0.2, 0) is 41.0 Å². The van der Waals surface area contributed by atoms with Crippen LogP contribution in [0.5, 0.6) is 23.0 Å². The molecular weight excluding hydrogens is 516 g/mol. The summed E-state index contributed by atoms with van der Waals surface area (Å²) >= 11 is 0. The van der Waals surface area contributed by atoms with Crippen molar-refractivity contribution in [2.24, 2.45) is 0 Å². The molecule has 0 amide bonds. The number of phenolic OH excluding ortho intramolecular Hbond substituents is 2. The molecular formula is C30H44CuN2O4. The Balaban J connectivity index is 0.000000253. The van der Waals surface area contributed by atoms with Gasteiger partial charge < -0.3 is 20.4 Å². The zero-order valence-corrected chi connectivity index (χ0v) is 24.2. The van der Waals surface area contributed by atoms with Crippen molar-refractivity contribution in [2.75, 3.05) is 26.2 Å². The van der Waals surface area contributed by atoms with Crippen molar-refractivity contribution < 1.29 is 37.5 Å². The molecule has 0 aliphatic carbocycles. The molecule has 1 radical (unpaired) electrons. The molecule has 0 bridgehead atoms. The zero-order valence-electron chi connectivity index (χ0n) is 23.3. The third-order valence-corrected chi connectivity index (χ3v) is 7.21. The largest absolute Gasteiger partial charge is 2.00 e. The second-order valence-electron chi connectivity index (χ2n) is 12.4. The maximum Gasteiger partial charge on any atom is 2.00 e. The smallest absolute Gasteiger partial charge is 0.870 e. The molecule has 2 aliphatic heterocycles.